The number of hydrogen-bond acceptors (Lipinski definition) is 4. The SMILES string of the molecule is [2H]c1c([2H])c([2H])c(-c2cnc(-n3c4cc(Oc5cccc(N6CN(c7c(-c8ccc9c(c8)C(C)(C)CCC9(C)C)cc(C(C)(C)C)cc7-c7c([2H])c([2H])c(C(C)(C)C)c([2H])c7[2H])c7ccccc76)c5)ccc4c4c([2H])c([2H])c([2H])c([2H])c43)cc2C(C)(C)C)c([2H])c1[2H]. The lowest BCUT2D eigenvalue weighted by atomic mass is 9.63. The number of fused-ring (bicyclic) bond motifs is 5. The highest BCUT2D eigenvalue weighted by atomic mass is 16.5. The van der Waals surface area contributed by atoms with Crippen molar-refractivity contribution in [3.8, 4) is 50.7 Å². The maximum atomic E-state index is 9.88. The van der Waals surface area contributed by atoms with Gasteiger partial charge in [-0.2, -0.15) is 0 Å². The van der Waals surface area contributed by atoms with Crippen LogP contribution in [-0.2, 0) is 27.1 Å². The Hall–Kier alpha value is -7.89. The van der Waals surface area contributed by atoms with Crippen LogP contribution in [0.5, 0.6) is 11.5 Å². The molecule has 0 fully saturated rings. The Morgan fingerprint density at radius 3 is 1.82 bits per heavy atom. The summed E-state index contributed by atoms with van der Waals surface area (Å²) in [6, 6.07) is 30.2. The van der Waals surface area contributed by atoms with Gasteiger partial charge in [-0.1, -0.05) is 199 Å². The standard InChI is InChI=1S/C74H76N4O/c1-70(2,3)51-33-30-49(31-34-51)58-41-52(71(4,5)6)42-59(50-32-37-61-63(40-50)74(12,13)39-38-73(61,10)11)69(58)77-47-76(65-28-19-20-29-66(65)77)53-24-21-25-54(43-53)79-55-35-36-57-56-26-17-18-27-64(56)78(67(57)44-55)68-45-62(72(7,8)9)60(46-75-68)48-22-15-14-16-23-48/h14-37,40-46H,38-39,47H2,1-13H3/i14D,15D,16D,17D,18D,22D,23D,26D,27D,30D,31D,33D,34D. The molecule has 0 amide bonds. The molecule has 0 N–H and O–H groups in total. The fourth-order valence-electron chi connectivity index (χ4n) is 11.6. The van der Waals surface area contributed by atoms with Crippen LogP contribution >= 0.6 is 0 Å². The molecule has 0 saturated carbocycles. The molecule has 0 atom stereocenters. The van der Waals surface area contributed by atoms with E-state index in [4.69, 9.17) is 19.3 Å². The van der Waals surface area contributed by atoms with Gasteiger partial charge in [0.05, 0.1) is 45.9 Å². The number of para-hydroxylation sites is 3. The highest BCUT2D eigenvalue weighted by Gasteiger charge is 2.38. The maximum Gasteiger partial charge on any atom is 0.137 e. The number of aromatic nitrogens is 2. The summed E-state index contributed by atoms with van der Waals surface area (Å²) in [7, 11) is 0. The van der Waals surface area contributed by atoms with Crippen LogP contribution in [0, 0.1) is 0 Å². The Labute approximate surface area is 487 Å². The number of ether oxygens (including phenoxy) is 1. The van der Waals surface area contributed by atoms with E-state index in [9.17, 15) is 8.22 Å². The number of benzene rings is 8. The minimum Gasteiger partial charge on any atom is -0.457 e. The van der Waals surface area contributed by atoms with E-state index in [0.29, 0.717) is 44.7 Å². The van der Waals surface area contributed by atoms with Crippen molar-refractivity contribution in [2.24, 2.45) is 0 Å². The van der Waals surface area contributed by atoms with Gasteiger partial charge in [0.15, 0.2) is 0 Å². The van der Waals surface area contributed by atoms with Crippen molar-refractivity contribution in [2.45, 2.75) is 130 Å². The molecule has 5 nitrogen and oxygen atoms in total. The lowest BCUT2D eigenvalue weighted by Crippen LogP contribution is -2.33. The quantitative estimate of drug-likeness (QED) is 0.152. The molecule has 5 heteroatoms. The van der Waals surface area contributed by atoms with E-state index in [1.807, 2.05) is 77.9 Å². The summed E-state index contributed by atoms with van der Waals surface area (Å²) in [4.78, 5) is 9.32. The molecule has 0 bridgehead atoms. The maximum absolute atomic E-state index is 9.88. The van der Waals surface area contributed by atoms with Crippen molar-refractivity contribution in [1.82, 2.24) is 9.55 Å². The Morgan fingerprint density at radius 1 is 0.494 bits per heavy atom. The summed E-state index contributed by atoms with van der Waals surface area (Å²) in [5.41, 5.74) is 9.50. The molecule has 8 aromatic carbocycles. The lowest BCUT2D eigenvalue weighted by molar-refractivity contribution is 0.332. The van der Waals surface area contributed by atoms with Crippen LogP contribution in [0.2, 0.25) is 0 Å². The third kappa shape index (κ3) is 9.39. The number of rotatable bonds is 8. The first-order valence-electron chi connectivity index (χ1n) is 33.9. The summed E-state index contributed by atoms with van der Waals surface area (Å²) in [5.74, 6) is 1.12. The van der Waals surface area contributed by atoms with E-state index in [0.717, 1.165) is 52.3 Å². The minimum absolute atomic E-state index is 0.00545. The lowest BCUT2D eigenvalue weighted by Gasteiger charge is -2.42. The zero-order valence-electron chi connectivity index (χ0n) is 60.7. The molecule has 79 heavy (non-hydrogen) atoms. The van der Waals surface area contributed by atoms with Gasteiger partial charge in [-0.05, 0) is 145 Å². The first-order valence-corrected chi connectivity index (χ1v) is 27.4. The third-order valence-corrected chi connectivity index (χ3v) is 16.2. The van der Waals surface area contributed by atoms with Crippen LogP contribution in [0.1, 0.15) is 148 Å². The van der Waals surface area contributed by atoms with Gasteiger partial charge in [-0.15, -0.1) is 0 Å². The number of hydrogen-bond donors (Lipinski definition) is 0. The molecule has 1 aliphatic heterocycles. The van der Waals surface area contributed by atoms with Crippen molar-refractivity contribution in [2.75, 3.05) is 16.5 Å². The van der Waals surface area contributed by atoms with Crippen LogP contribution in [0.4, 0.5) is 22.7 Å². The molecule has 398 valence electrons. The normalized spacial score (nSPS) is 17.5. The first kappa shape index (κ1) is 38.6. The Kier molecular flexibility index (Phi) is 9.24. The smallest absolute Gasteiger partial charge is 0.137 e. The zero-order valence-corrected chi connectivity index (χ0v) is 47.7. The second-order valence-electron chi connectivity index (χ2n) is 25.9. The Morgan fingerprint density at radius 2 is 1.13 bits per heavy atom. The minimum atomic E-state index is -0.688. The summed E-state index contributed by atoms with van der Waals surface area (Å²) < 4.78 is 127. The summed E-state index contributed by atoms with van der Waals surface area (Å²) in [5, 5.41) is 0.774. The molecule has 3 heterocycles. The molecule has 0 spiro atoms. The third-order valence-electron chi connectivity index (χ3n) is 16.2. The molecule has 12 rings (SSSR count). The fourth-order valence-corrected chi connectivity index (χ4v) is 11.6. The molecule has 1 aliphatic carbocycles. The van der Waals surface area contributed by atoms with Gasteiger partial charge in [-0.25, -0.2) is 4.98 Å². The topological polar surface area (TPSA) is 33.5 Å². The molecular formula is C74H76N4O. The summed E-state index contributed by atoms with van der Waals surface area (Å²) >= 11 is 0. The molecule has 2 aromatic heterocycles. The van der Waals surface area contributed by atoms with E-state index < -0.39 is 46.5 Å². The first-order chi connectivity index (χ1) is 42.9. The predicted octanol–water partition coefficient (Wildman–Crippen LogP) is 20.5. The molecule has 2 aliphatic rings. The van der Waals surface area contributed by atoms with Gasteiger partial charge in [0, 0.05) is 51.5 Å². The van der Waals surface area contributed by atoms with Crippen molar-refractivity contribution in [3.05, 3.63) is 216 Å². The second kappa shape index (κ2) is 18.9. The van der Waals surface area contributed by atoms with Crippen molar-refractivity contribution >= 4 is 44.6 Å². The van der Waals surface area contributed by atoms with Crippen LogP contribution in [0.3, 0.4) is 0 Å². The van der Waals surface area contributed by atoms with E-state index in [-0.39, 0.29) is 93.7 Å². The van der Waals surface area contributed by atoms with E-state index in [2.05, 4.69) is 101 Å². The average molecular weight is 1050 g/mol. The Balaban J connectivity index is 1.01. The largest absolute Gasteiger partial charge is 0.457 e. The monoisotopic (exact) mass is 1050 g/mol. The van der Waals surface area contributed by atoms with Gasteiger partial charge < -0.3 is 14.5 Å². The highest BCUT2D eigenvalue weighted by Crippen LogP contribution is 2.54. The average Bonchev–Trinajstić information content (AvgIpc) is 1.39. The fraction of sp³-hybridized carbons (Fsp3) is 0.284. The molecule has 0 radical (unpaired) electrons. The number of anilines is 4. The second-order valence-corrected chi connectivity index (χ2v) is 25.9. The van der Waals surface area contributed by atoms with E-state index >= 15 is 0 Å². The highest BCUT2D eigenvalue weighted by molar-refractivity contribution is 6.09. The van der Waals surface area contributed by atoms with Crippen LogP contribution < -0.4 is 14.5 Å². The molecular weight excluding hydrogens is 961 g/mol. The number of nitrogens with zero attached hydrogens (tertiary/aromatic N) is 4. The van der Waals surface area contributed by atoms with Crippen LogP contribution in [0.15, 0.2) is 188 Å². The Bertz CT molecular complexity index is 4720. The molecule has 10 aromatic rings. The van der Waals surface area contributed by atoms with E-state index in [1.54, 1.807) is 28.8 Å². The van der Waals surface area contributed by atoms with Crippen molar-refractivity contribution in [1.29, 1.82) is 0 Å². The van der Waals surface area contributed by atoms with Gasteiger partial charge in [-0.3, -0.25) is 4.57 Å². The van der Waals surface area contributed by atoms with Crippen molar-refractivity contribution in [3.63, 3.8) is 0 Å². The summed E-state index contributed by atoms with van der Waals surface area (Å²) in [6.45, 7) is 27.6. The molecule has 0 unspecified atom stereocenters. The number of pyridine rings is 1. The van der Waals surface area contributed by atoms with E-state index in [1.165, 1.54) is 17.3 Å². The zero-order chi connectivity index (χ0) is 66.7. The van der Waals surface area contributed by atoms with Crippen molar-refractivity contribution < 1.29 is 22.6 Å². The van der Waals surface area contributed by atoms with Gasteiger partial charge in [0.2, 0.25) is 0 Å². The van der Waals surface area contributed by atoms with Crippen LogP contribution in [0.25, 0.3) is 61.0 Å². The van der Waals surface area contributed by atoms with Gasteiger partial charge in [0.1, 0.15) is 24.0 Å². The summed E-state index contributed by atoms with van der Waals surface area (Å²) in [6.07, 6.45) is 3.54. The van der Waals surface area contributed by atoms with Crippen LogP contribution in [-0.4, -0.2) is 16.2 Å². The predicted molar refractivity (Wildman–Crippen MR) is 335 cm³/mol. The van der Waals surface area contributed by atoms with Gasteiger partial charge in [0.25, 0.3) is 0 Å². The van der Waals surface area contributed by atoms with Gasteiger partial charge >= 0.3 is 0 Å². The molecule has 0 saturated heterocycles.